The molecule has 0 heterocycles. The molecule has 1 aromatic carbocycles. The van der Waals surface area contributed by atoms with Gasteiger partial charge in [0.1, 0.15) is 23.5 Å². The van der Waals surface area contributed by atoms with Crippen LogP contribution in [0.5, 0.6) is 5.75 Å². The SMILES string of the molecule is N#CC(C#N)=C(CCl)Nc1ccccc1O. The van der Waals surface area contributed by atoms with Crippen molar-refractivity contribution in [2.24, 2.45) is 0 Å². The Balaban J connectivity index is 3.06. The molecule has 0 aromatic heterocycles. The maximum absolute atomic E-state index is 9.49. The zero-order valence-corrected chi connectivity index (χ0v) is 8.99. The molecule has 0 bridgehead atoms. The van der Waals surface area contributed by atoms with Crippen molar-refractivity contribution in [2.45, 2.75) is 0 Å². The Labute approximate surface area is 98.0 Å². The Morgan fingerprint density at radius 3 is 2.44 bits per heavy atom. The van der Waals surface area contributed by atoms with Gasteiger partial charge in [0.25, 0.3) is 0 Å². The number of rotatable bonds is 3. The van der Waals surface area contributed by atoms with Crippen LogP contribution in [-0.4, -0.2) is 11.0 Å². The van der Waals surface area contributed by atoms with Crippen LogP contribution in [0.25, 0.3) is 0 Å². The Kier molecular flexibility index (Phi) is 4.20. The van der Waals surface area contributed by atoms with Crippen LogP contribution >= 0.6 is 11.6 Å². The number of phenols is 1. The van der Waals surface area contributed by atoms with Crippen molar-refractivity contribution in [1.82, 2.24) is 0 Å². The number of halogens is 1. The highest BCUT2D eigenvalue weighted by atomic mass is 35.5. The number of phenolic OH excluding ortho intramolecular Hbond substituents is 1. The average molecular weight is 234 g/mol. The second-order valence-corrected chi connectivity index (χ2v) is 3.12. The summed E-state index contributed by atoms with van der Waals surface area (Å²) in [5.41, 5.74) is 0.576. The van der Waals surface area contributed by atoms with E-state index in [-0.39, 0.29) is 22.9 Å². The second-order valence-electron chi connectivity index (χ2n) is 2.85. The Morgan fingerprint density at radius 2 is 1.94 bits per heavy atom. The third-order valence-corrected chi connectivity index (χ3v) is 2.12. The van der Waals surface area contributed by atoms with E-state index in [4.69, 9.17) is 22.1 Å². The molecule has 0 saturated carbocycles. The van der Waals surface area contributed by atoms with E-state index in [2.05, 4.69) is 5.32 Å². The third kappa shape index (κ3) is 2.66. The van der Waals surface area contributed by atoms with Crippen LogP contribution in [0.3, 0.4) is 0 Å². The summed E-state index contributed by atoms with van der Waals surface area (Å²) in [4.78, 5) is 0. The molecule has 0 spiro atoms. The van der Waals surface area contributed by atoms with Gasteiger partial charge in [0.15, 0.2) is 0 Å². The molecular weight excluding hydrogens is 226 g/mol. The lowest BCUT2D eigenvalue weighted by Gasteiger charge is -2.09. The highest BCUT2D eigenvalue weighted by Gasteiger charge is 2.07. The quantitative estimate of drug-likeness (QED) is 0.477. The normalized spacial score (nSPS) is 8.69. The first-order chi connectivity index (χ1) is 7.72. The molecule has 1 rings (SSSR count). The first-order valence-electron chi connectivity index (χ1n) is 4.37. The van der Waals surface area contributed by atoms with Crippen LogP contribution in [0, 0.1) is 22.7 Å². The molecule has 0 aliphatic carbocycles. The maximum atomic E-state index is 9.49. The maximum Gasteiger partial charge on any atom is 0.150 e. The van der Waals surface area contributed by atoms with E-state index in [9.17, 15) is 5.11 Å². The summed E-state index contributed by atoms with van der Waals surface area (Å²) in [5.74, 6) is 0.0190. The molecule has 0 atom stereocenters. The fraction of sp³-hybridized carbons (Fsp3) is 0.0909. The van der Waals surface area contributed by atoms with Crippen LogP contribution in [0.15, 0.2) is 35.5 Å². The van der Waals surface area contributed by atoms with Crippen molar-refractivity contribution >= 4 is 17.3 Å². The number of nitriles is 2. The predicted octanol–water partition coefficient (Wildman–Crippen LogP) is 2.34. The van der Waals surface area contributed by atoms with Gasteiger partial charge < -0.3 is 10.4 Å². The zero-order chi connectivity index (χ0) is 12.0. The van der Waals surface area contributed by atoms with Crippen LogP contribution in [0.4, 0.5) is 5.69 Å². The minimum atomic E-state index is -0.0988. The summed E-state index contributed by atoms with van der Waals surface area (Å²) in [6.45, 7) is 0. The fourth-order valence-electron chi connectivity index (χ4n) is 1.06. The van der Waals surface area contributed by atoms with Gasteiger partial charge in [0, 0.05) is 0 Å². The molecule has 0 fully saturated rings. The van der Waals surface area contributed by atoms with Gasteiger partial charge in [0.2, 0.25) is 0 Å². The first kappa shape index (κ1) is 11.9. The number of aromatic hydroxyl groups is 1. The molecule has 0 amide bonds. The van der Waals surface area contributed by atoms with Gasteiger partial charge in [-0.25, -0.2) is 0 Å². The van der Waals surface area contributed by atoms with Crippen molar-refractivity contribution in [3.63, 3.8) is 0 Å². The van der Waals surface area contributed by atoms with E-state index in [0.717, 1.165) is 0 Å². The van der Waals surface area contributed by atoms with E-state index in [1.165, 1.54) is 6.07 Å². The summed E-state index contributed by atoms with van der Waals surface area (Å²) in [7, 11) is 0. The minimum Gasteiger partial charge on any atom is -0.506 e. The Bertz CT molecular complexity index is 481. The number of benzene rings is 1. The summed E-state index contributed by atoms with van der Waals surface area (Å²) in [6, 6.07) is 9.96. The monoisotopic (exact) mass is 233 g/mol. The number of nitrogens with one attached hydrogen (secondary N) is 1. The number of anilines is 1. The van der Waals surface area contributed by atoms with Gasteiger partial charge in [-0.15, -0.1) is 11.6 Å². The highest BCUT2D eigenvalue weighted by molar-refractivity contribution is 6.19. The van der Waals surface area contributed by atoms with Gasteiger partial charge >= 0.3 is 0 Å². The minimum absolute atomic E-state index is 0.00914. The van der Waals surface area contributed by atoms with E-state index in [1.807, 2.05) is 0 Å². The van der Waals surface area contributed by atoms with Crippen LogP contribution in [0.2, 0.25) is 0 Å². The molecule has 1 aromatic rings. The second kappa shape index (κ2) is 5.65. The number of allylic oxidation sites excluding steroid dienone is 2. The number of nitrogens with zero attached hydrogens (tertiary/aromatic N) is 2. The fourth-order valence-corrected chi connectivity index (χ4v) is 1.27. The average Bonchev–Trinajstić information content (AvgIpc) is 2.31. The number of hydrogen-bond acceptors (Lipinski definition) is 4. The molecular formula is C11H8ClN3O. The Hall–Kier alpha value is -2.17. The number of para-hydroxylation sites is 2. The molecule has 4 nitrogen and oxygen atoms in total. The van der Waals surface area contributed by atoms with Crippen molar-refractivity contribution in [3.05, 3.63) is 35.5 Å². The summed E-state index contributed by atoms with van der Waals surface area (Å²) < 4.78 is 0. The Morgan fingerprint density at radius 1 is 1.31 bits per heavy atom. The van der Waals surface area contributed by atoms with Crippen LogP contribution in [0.1, 0.15) is 0 Å². The van der Waals surface area contributed by atoms with Crippen molar-refractivity contribution < 1.29 is 5.11 Å². The standard InChI is InChI=1S/C11H8ClN3O/c12-5-10(8(6-13)7-14)15-9-3-1-2-4-11(9)16/h1-4,15-16H,5H2. The molecule has 0 aliphatic rings. The van der Waals surface area contributed by atoms with Crippen molar-refractivity contribution in [2.75, 3.05) is 11.2 Å². The molecule has 2 N–H and O–H groups in total. The molecule has 0 saturated heterocycles. The topological polar surface area (TPSA) is 79.8 Å². The van der Waals surface area contributed by atoms with Gasteiger partial charge in [0.05, 0.1) is 17.3 Å². The third-order valence-electron chi connectivity index (χ3n) is 1.85. The largest absolute Gasteiger partial charge is 0.506 e. The molecule has 80 valence electrons. The van der Waals surface area contributed by atoms with E-state index in [0.29, 0.717) is 5.69 Å². The van der Waals surface area contributed by atoms with Gasteiger partial charge in [-0.2, -0.15) is 10.5 Å². The molecule has 5 heteroatoms. The van der Waals surface area contributed by atoms with Crippen molar-refractivity contribution in [1.29, 1.82) is 10.5 Å². The summed E-state index contributed by atoms with van der Waals surface area (Å²) >= 11 is 5.62. The van der Waals surface area contributed by atoms with E-state index < -0.39 is 0 Å². The lowest BCUT2D eigenvalue weighted by Crippen LogP contribution is -2.04. The molecule has 16 heavy (non-hydrogen) atoms. The van der Waals surface area contributed by atoms with Gasteiger partial charge in [-0.3, -0.25) is 0 Å². The first-order valence-corrected chi connectivity index (χ1v) is 4.90. The smallest absolute Gasteiger partial charge is 0.150 e. The summed E-state index contributed by atoms with van der Waals surface area (Å²) in [5, 5.41) is 29.6. The number of hydrogen-bond donors (Lipinski definition) is 2. The zero-order valence-electron chi connectivity index (χ0n) is 8.24. The number of alkyl halides is 1. The van der Waals surface area contributed by atoms with Crippen molar-refractivity contribution in [3.8, 4) is 17.9 Å². The van der Waals surface area contributed by atoms with Crippen LogP contribution in [-0.2, 0) is 0 Å². The lowest BCUT2D eigenvalue weighted by molar-refractivity contribution is 0.477. The lowest BCUT2D eigenvalue weighted by atomic mass is 10.2. The van der Waals surface area contributed by atoms with Gasteiger partial charge in [-0.05, 0) is 12.1 Å². The molecule has 0 unspecified atom stereocenters. The van der Waals surface area contributed by atoms with Crippen LogP contribution < -0.4 is 5.32 Å². The molecule has 0 aliphatic heterocycles. The van der Waals surface area contributed by atoms with Gasteiger partial charge in [-0.1, -0.05) is 12.1 Å². The van der Waals surface area contributed by atoms with E-state index >= 15 is 0 Å². The highest BCUT2D eigenvalue weighted by Crippen LogP contribution is 2.24. The summed E-state index contributed by atoms with van der Waals surface area (Å²) in [6.07, 6.45) is 0. The molecule has 0 radical (unpaired) electrons. The predicted molar refractivity (Wildman–Crippen MR) is 60.7 cm³/mol. The van der Waals surface area contributed by atoms with E-state index in [1.54, 1.807) is 30.3 Å².